The number of nitrogens with one attached hydrogen (secondary N) is 1. The van der Waals surface area contributed by atoms with Gasteiger partial charge in [-0.2, -0.15) is 5.10 Å². The number of carbonyl (C=O) groups is 2. The molecule has 2 amide bonds. The molecule has 0 bridgehead atoms. The molecule has 5 rings (SSSR count). The van der Waals surface area contributed by atoms with Crippen molar-refractivity contribution in [3.05, 3.63) is 52.4 Å². The molecule has 196 valence electrons. The number of halogens is 1. The first-order valence-corrected chi connectivity index (χ1v) is 13.6. The van der Waals surface area contributed by atoms with Crippen molar-refractivity contribution in [1.29, 1.82) is 0 Å². The van der Waals surface area contributed by atoms with E-state index in [-0.39, 0.29) is 5.56 Å². The highest BCUT2D eigenvalue weighted by molar-refractivity contribution is 9.10. The smallest absolute Gasteiger partial charge is 0.471 e. The van der Waals surface area contributed by atoms with Crippen molar-refractivity contribution in [3.63, 3.8) is 0 Å². The van der Waals surface area contributed by atoms with Gasteiger partial charge in [-0.1, -0.05) is 12.1 Å². The summed E-state index contributed by atoms with van der Waals surface area (Å²) in [7, 11) is -4.69. The number of likely N-dealkylation sites (tertiary alicyclic amines) is 1. The van der Waals surface area contributed by atoms with Gasteiger partial charge in [0.1, 0.15) is 21.5 Å². The Hall–Kier alpha value is -3.03. The average molecular weight is 596 g/mol. The second kappa shape index (κ2) is 9.69. The quantitative estimate of drug-likeness (QED) is 0.253. The minimum atomic E-state index is -4.69. The Kier molecular flexibility index (Phi) is 6.71. The third kappa shape index (κ3) is 5.48. The number of carbonyl (C=O) groups excluding carboxylic acids is 1. The minimum absolute atomic E-state index is 0.281. The Morgan fingerprint density at radius 2 is 2.05 bits per heavy atom. The summed E-state index contributed by atoms with van der Waals surface area (Å²) < 4.78 is 23.7. The lowest BCUT2D eigenvalue weighted by Gasteiger charge is -2.46. The first-order chi connectivity index (χ1) is 17.5. The summed E-state index contributed by atoms with van der Waals surface area (Å²) in [5.41, 5.74) is 0.722. The van der Waals surface area contributed by atoms with Gasteiger partial charge in [-0.25, -0.2) is 19.0 Å². The fourth-order valence-corrected chi connectivity index (χ4v) is 5.42. The van der Waals surface area contributed by atoms with Crippen LogP contribution in [0, 0.1) is 0 Å². The number of fused-ring (bicyclic) bond motifs is 2. The largest absolute Gasteiger partial charge is 0.485 e. The van der Waals surface area contributed by atoms with Crippen LogP contribution >= 0.6 is 23.8 Å². The maximum Gasteiger partial charge on any atom is 0.471 e. The highest BCUT2D eigenvalue weighted by Gasteiger charge is 2.45. The van der Waals surface area contributed by atoms with Crippen LogP contribution < -0.4 is 10.1 Å². The van der Waals surface area contributed by atoms with E-state index in [0.29, 0.717) is 53.6 Å². The molecule has 1 spiro atoms. The Morgan fingerprint density at radius 3 is 2.76 bits per heavy atom. The molecule has 13 nitrogen and oxygen atoms in total. The molecule has 1 aromatic carbocycles. The SMILES string of the molecule is O=C(NC1CC2(CCN(C(=O)O)CC2)Oc2cnc(Br)cc21)c1cccc2cn(COP(=O)(O)O)nc12. The van der Waals surface area contributed by atoms with Crippen molar-refractivity contribution >= 4 is 46.7 Å². The standard InChI is InChI=1S/C22H23BrN5O8P/c23-18-8-15-16(9-22(36-17(15)10-24-18)4-6-27(7-5-22)21(30)31)25-20(29)14-3-1-2-13-11-28(26-19(13)14)12-35-37(32,33)34/h1-3,8,10-11,16H,4-7,9,12H2,(H,25,29)(H,30,31)(H2,32,33,34). The normalized spacial score (nSPS) is 18.9. The van der Waals surface area contributed by atoms with Gasteiger partial charge in [-0.3, -0.25) is 9.32 Å². The Morgan fingerprint density at radius 1 is 1.30 bits per heavy atom. The molecule has 2 aliphatic heterocycles. The molecule has 15 heteroatoms. The van der Waals surface area contributed by atoms with Gasteiger partial charge in [-0.05, 0) is 28.1 Å². The molecule has 0 radical (unpaired) electrons. The topological polar surface area (TPSA) is 176 Å². The number of amides is 2. The number of hydrogen-bond acceptors (Lipinski definition) is 7. The van der Waals surface area contributed by atoms with Gasteiger partial charge in [0.15, 0.2) is 6.73 Å². The first kappa shape index (κ1) is 25.6. The molecule has 0 aliphatic carbocycles. The Balaban J connectivity index is 1.41. The van der Waals surface area contributed by atoms with Crippen molar-refractivity contribution in [2.75, 3.05) is 13.1 Å². The molecule has 4 N–H and O–H groups in total. The van der Waals surface area contributed by atoms with Crippen LogP contribution in [0.15, 0.2) is 41.3 Å². The van der Waals surface area contributed by atoms with E-state index in [1.165, 1.54) is 15.8 Å². The molecule has 4 heterocycles. The second-order valence-corrected chi connectivity index (χ2v) is 11.0. The van der Waals surface area contributed by atoms with Crippen LogP contribution in [0.2, 0.25) is 0 Å². The number of benzene rings is 1. The lowest BCUT2D eigenvalue weighted by atomic mass is 9.81. The van der Waals surface area contributed by atoms with Crippen LogP contribution in [0.3, 0.4) is 0 Å². The van der Waals surface area contributed by atoms with Crippen molar-refractivity contribution in [2.45, 2.75) is 37.6 Å². The molecule has 2 aromatic heterocycles. The van der Waals surface area contributed by atoms with E-state index in [0.717, 1.165) is 5.56 Å². The van der Waals surface area contributed by atoms with Crippen molar-refractivity contribution in [2.24, 2.45) is 0 Å². The van der Waals surface area contributed by atoms with Crippen molar-refractivity contribution < 1.29 is 38.3 Å². The van der Waals surface area contributed by atoms with E-state index in [2.05, 4.69) is 35.9 Å². The van der Waals surface area contributed by atoms with E-state index < -0.39 is 38.2 Å². The molecule has 3 aromatic rings. The van der Waals surface area contributed by atoms with Gasteiger partial charge in [0, 0.05) is 49.5 Å². The highest BCUT2D eigenvalue weighted by Crippen LogP contribution is 2.45. The molecule has 1 fully saturated rings. The molecule has 1 unspecified atom stereocenters. The maximum absolute atomic E-state index is 13.5. The maximum atomic E-state index is 13.5. The van der Waals surface area contributed by atoms with Gasteiger partial charge in [-0.15, -0.1) is 0 Å². The number of pyridine rings is 1. The number of nitrogens with zero attached hydrogens (tertiary/aromatic N) is 4. The van der Waals surface area contributed by atoms with Gasteiger partial charge in [0.2, 0.25) is 0 Å². The van der Waals surface area contributed by atoms with Crippen LogP contribution in [-0.4, -0.2) is 65.2 Å². The first-order valence-electron chi connectivity index (χ1n) is 11.3. The predicted molar refractivity (Wildman–Crippen MR) is 132 cm³/mol. The van der Waals surface area contributed by atoms with Crippen LogP contribution in [0.1, 0.15) is 41.2 Å². The van der Waals surface area contributed by atoms with E-state index in [4.69, 9.17) is 14.5 Å². The summed E-state index contributed by atoms with van der Waals surface area (Å²) in [6.07, 6.45) is 3.53. The zero-order valence-corrected chi connectivity index (χ0v) is 21.8. The summed E-state index contributed by atoms with van der Waals surface area (Å²) in [6, 6.07) is 6.37. The lowest BCUT2D eigenvalue weighted by molar-refractivity contribution is -0.0208. The number of carboxylic acid groups (broad SMARTS) is 1. The number of hydrogen-bond donors (Lipinski definition) is 4. The van der Waals surface area contributed by atoms with E-state index in [1.54, 1.807) is 30.5 Å². The van der Waals surface area contributed by atoms with E-state index >= 15 is 0 Å². The zero-order chi connectivity index (χ0) is 26.4. The molecule has 1 atom stereocenters. The van der Waals surface area contributed by atoms with Gasteiger partial charge in [0.05, 0.1) is 17.8 Å². The summed E-state index contributed by atoms with van der Waals surface area (Å²) >= 11 is 3.37. The van der Waals surface area contributed by atoms with Gasteiger partial charge in [0.25, 0.3) is 5.91 Å². The van der Waals surface area contributed by atoms with Crippen LogP contribution in [0.5, 0.6) is 5.75 Å². The number of aromatic nitrogens is 3. The molecule has 37 heavy (non-hydrogen) atoms. The highest BCUT2D eigenvalue weighted by atomic mass is 79.9. The summed E-state index contributed by atoms with van der Waals surface area (Å²) in [5, 5.41) is 17.3. The number of ether oxygens (including phenoxy) is 1. The van der Waals surface area contributed by atoms with Crippen molar-refractivity contribution in [3.8, 4) is 5.75 Å². The minimum Gasteiger partial charge on any atom is -0.485 e. The Bertz CT molecular complexity index is 1420. The fraction of sp³-hybridized carbons (Fsp3) is 0.364. The number of phosphoric ester groups is 1. The molecular weight excluding hydrogens is 573 g/mol. The molecular formula is C22H23BrN5O8P. The molecule has 1 saturated heterocycles. The number of rotatable bonds is 5. The van der Waals surface area contributed by atoms with E-state index in [9.17, 15) is 19.3 Å². The molecule has 0 saturated carbocycles. The second-order valence-electron chi connectivity index (χ2n) is 8.99. The third-order valence-corrected chi connectivity index (χ3v) is 7.46. The van der Waals surface area contributed by atoms with Gasteiger partial charge >= 0.3 is 13.9 Å². The third-order valence-electron chi connectivity index (χ3n) is 6.58. The van der Waals surface area contributed by atoms with Crippen LogP contribution in [-0.2, 0) is 15.8 Å². The van der Waals surface area contributed by atoms with Crippen LogP contribution in [0.25, 0.3) is 10.9 Å². The Labute approximate surface area is 218 Å². The number of piperidine rings is 1. The fourth-order valence-electron chi connectivity index (χ4n) is 4.80. The average Bonchev–Trinajstić information content (AvgIpc) is 3.26. The van der Waals surface area contributed by atoms with Crippen LogP contribution in [0.4, 0.5) is 4.79 Å². The summed E-state index contributed by atoms with van der Waals surface area (Å²) in [6.45, 7) is 0.162. The number of phosphoric acid groups is 1. The summed E-state index contributed by atoms with van der Waals surface area (Å²) in [4.78, 5) is 48.4. The van der Waals surface area contributed by atoms with E-state index in [1.807, 2.05) is 0 Å². The van der Waals surface area contributed by atoms with Gasteiger partial charge < -0.3 is 29.8 Å². The predicted octanol–water partition coefficient (Wildman–Crippen LogP) is 3.03. The monoisotopic (exact) mass is 595 g/mol. The lowest BCUT2D eigenvalue weighted by Crippen LogP contribution is -2.53. The molecule has 2 aliphatic rings. The zero-order valence-electron chi connectivity index (χ0n) is 19.3. The summed E-state index contributed by atoms with van der Waals surface area (Å²) in [5.74, 6) is 0.135. The van der Waals surface area contributed by atoms with Crippen molar-refractivity contribution in [1.82, 2.24) is 25.0 Å².